The van der Waals surface area contributed by atoms with Gasteiger partial charge in [0.2, 0.25) is 15.8 Å². The Labute approximate surface area is 104 Å². The van der Waals surface area contributed by atoms with Gasteiger partial charge in [-0.05, 0) is 24.5 Å². The second-order valence-electron chi connectivity index (χ2n) is 4.32. The number of sulfonamides is 1. The molecule has 100 valence electrons. The molecule has 0 aliphatic heterocycles. The molecule has 1 saturated carbocycles. The molecule has 7 heteroatoms. The molecule has 0 radical (unpaired) electrons. The van der Waals surface area contributed by atoms with Gasteiger partial charge in [-0.2, -0.15) is 4.39 Å². The van der Waals surface area contributed by atoms with Crippen LogP contribution in [0.1, 0.15) is 19.3 Å². The minimum absolute atomic E-state index is 0.287. The van der Waals surface area contributed by atoms with Gasteiger partial charge in [0.25, 0.3) is 0 Å². The predicted molar refractivity (Wildman–Crippen MR) is 60.6 cm³/mol. The van der Waals surface area contributed by atoms with E-state index in [0.29, 0.717) is 5.92 Å². The van der Waals surface area contributed by atoms with Crippen molar-refractivity contribution in [3.05, 3.63) is 23.8 Å². The van der Waals surface area contributed by atoms with Crippen molar-refractivity contribution >= 4 is 10.0 Å². The topological polar surface area (TPSA) is 69.4 Å². The molecule has 0 spiro atoms. The Balaban J connectivity index is 2.14. The fraction of sp³-hybridized carbons (Fsp3) is 0.455. The van der Waals surface area contributed by atoms with E-state index in [2.05, 4.69) is 0 Å². The van der Waals surface area contributed by atoms with E-state index in [9.17, 15) is 17.2 Å². The fourth-order valence-corrected chi connectivity index (χ4v) is 2.18. The Hall–Kier alpha value is -1.21. The monoisotopic (exact) mass is 277 g/mol. The van der Waals surface area contributed by atoms with E-state index in [0.717, 1.165) is 31.4 Å². The van der Waals surface area contributed by atoms with Crippen molar-refractivity contribution in [2.75, 3.05) is 6.61 Å². The molecule has 0 unspecified atom stereocenters. The molecule has 18 heavy (non-hydrogen) atoms. The van der Waals surface area contributed by atoms with Gasteiger partial charge in [0.1, 0.15) is 4.90 Å². The maximum Gasteiger partial charge on any atom is 0.241 e. The first-order valence-corrected chi connectivity index (χ1v) is 7.08. The maximum atomic E-state index is 13.5. The molecule has 0 amide bonds. The lowest BCUT2D eigenvalue weighted by molar-refractivity contribution is 0.281. The first kappa shape index (κ1) is 13.2. The summed E-state index contributed by atoms with van der Waals surface area (Å²) in [6.45, 7) is 0.287. The number of hydrogen-bond donors (Lipinski definition) is 1. The average molecular weight is 277 g/mol. The van der Waals surface area contributed by atoms with Crippen LogP contribution in [0.25, 0.3) is 0 Å². The third-order valence-electron chi connectivity index (χ3n) is 2.80. The van der Waals surface area contributed by atoms with Crippen molar-refractivity contribution in [3.8, 4) is 5.75 Å². The number of rotatable bonds is 5. The van der Waals surface area contributed by atoms with Crippen LogP contribution in [0.5, 0.6) is 5.75 Å². The Morgan fingerprint density at radius 3 is 2.50 bits per heavy atom. The van der Waals surface area contributed by atoms with Crippen LogP contribution in [0.3, 0.4) is 0 Å². The molecule has 4 nitrogen and oxygen atoms in total. The highest BCUT2D eigenvalue weighted by atomic mass is 32.2. The molecule has 2 rings (SSSR count). The number of nitrogens with two attached hydrogens (primary N) is 1. The minimum Gasteiger partial charge on any atom is -0.490 e. The van der Waals surface area contributed by atoms with E-state index >= 15 is 0 Å². The molecule has 1 aromatic rings. The van der Waals surface area contributed by atoms with Crippen LogP contribution in [-0.2, 0) is 10.0 Å². The molecule has 0 bridgehead atoms. The normalized spacial score (nSPS) is 15.7. The molecular formula is C11H13F2NO3S. The molecule has 0 atom stereocenters. The quantitative estimate of drug-likeness (QED) is 0.892. The van der Waals surface area contributed by atoms with Gasteiger partial charge in [-0.25, -0.2) is 17.9 Å². The van der Waals surface area contributed by atoms with Gasteiger partial charge in [0, 0.05) is 0 Å². The van der Waals surface area contributed by atoms with E-state index in [1.54, 1.807) is 0 Å². The summed E-state index contributed by atoms with van der Waals surface area (Å²) in [6.07, 6.45) is 3.08. The lowest BCUT2D eigenvalue weighted by Crippen LogP contribution is -2.15. The van der Waals surface area contributed by atoms with E-state index < -0.39 is 26.6 Å². The average Bonchev–Trinajstić information content (AvgIpc) is 3.06. The Morgan fingerprint density at radius 1 is 1.28 bits per heavy atom. The van der Waals surface area contributed by atoms with Crippen LogP contribution in [0, 0.1) is 17.6 Å². The lowest BCUT2D eigenvalue weighted by Gasteiger charge is -2.09. The van der Waals surface area contributed by atoms with Gasteiger partial charge in [0.15, 0.2) is 11.6 Å². The summed E-state index contributed by atoms with van der Waals surface area (Å²) < 4.78 is 54.0. The third-order valence-corrected chi connectivity index (χ3v) is 3.73. The van der Waals surface area contributed by atoms with Crippen molar-refractivity contribution < 1.29 is 21.9 Å². The summed E-state index contributed by atoms with van der Waals surface area (Å²) in [5.74, 6) is -2.50. The second kappa shape index (κ2) is 4.81. The Kier molecular flexibility index (Phi) is 3.54. The van der Waals surface area contributed by atoms with Crippen LogP contribution in [-0.4, -0.2) is 15.0 Å². The molecule has 0 saturated heterocycles. The third kappa shape index (κ3) is 2.97. The highest BCUT2D eigenvalue weighted by Gasteiger charge is 2.23. The van der Waals surface area contributed by atoms with Crippen LogP contribution in [0.4, 0.5) is 8.78 Å². The number of ether oxygens (including phenoxy) is 1. The van der Waals surface area contributed by atoms with Crippen molar-refractivity contribution in [2.24, 2.45) is 11.1 Å². The van der Waals surface area contributed by atoms with E-state index in [4.69, 9.17) is 9.88 Å². The van der Waals surface area contributed by atoms with E-state index in [1.807, 2.05) is 0 Å². The van der Waals surface area contributed by atoms with E-state index in [1.165, 1.54) is 0 Å². The summed E-state index contributed by atoms with van der Waals surface area (Å²) >= 11 is 0. The van der Waals surface area contributed by atoms with Crippen molar-refractivity contribution in [1.29, 1.82) is 0 Å². The molecular weight excluding hydrogens is 264 g/mol. The SMILES string of the molecule is NS(=O)(=O)c1ccc(OCCC2CC2)c(F)c1F. The summed E-state index contributed by atoms with van der Waals surface area (Å²) in [7, 11) is -4.27. The summed E-state index contributed by atoms with van der Waals surface area (Å²) in [4.78, 5) is -0.866. The largest absolute Gasteiger partial charge is 0.490 e. The predicted octanol–water partition coefficient (Wildman–Crippen LogP) is 1.79. The molecule has 1 aliphatic rings. The first-order valence-electron chi connectivity index (χ1n) is 5.53. The van der Waals surface area contributed by atoms with Crippen molar-refractivity contribution in [3.63, 3.8) is 0 Å². The van der Waals surface area contributed by atoms with Gasteiger partial charge >= 0.3 is 0 Å². The van der Waals surface area contributed by atoms with Gasteiger partial charge in [-0.15, -0.1) is 0 Å². The maximum absolute atomic E-state index is 13.5. The smallest absolute Gasteiger partial charge is 0.241 e. The highest BCUT2D eigenvalue weighted by molar-refractivity contribution is 7.89. The minimum atomic E-state index is -4.27. The summed E-state index contributed by atoms with van der Waals surface area (Å²) in [5, 5.41) is 4.75. The summed E-state index contributed by atoms with van der Waals surface area (Å²) in [5.41, 5.74) is 0. The Morgan fingerprint density at radius 2 is 1.94 bits per heavy atom. The van der Waals surface area contributed by atoms with Gasteiger partial charge in [0.05, 0.1) is 6.61 Å². The molecule has 1 aliphatic carbocycles. The van der Waals surface area contributed by atoms with Gasteiger partial charge in [-0.3, -0.25) is 0 Å². The van der Waals surface area contributed by atoms with Crippen LogP contribution in [0.2, 0.25) is 0 Å². The van der Waals surface area contributed by atoms with Crippen molar-refractivity contribution in [2.45, 2.75) is 24.2 Å². The zero-order chi connectivity index (χ0) is 13.3. The molecule has 1 fully saturated rings. The second-order valence-corrected chi connectivity index (χ2v) is 5.85. The summed E-state index contributed by atoms with van der Waals surface area (Å²) in [6, 6.07) is 1.98. The lowest BCUT2D eigenvalue weighted by atomic mass is 10.3. The number of primary sulfonamides is 1. The van der Waals surface area contributed by atoms with Gasteiger partial charge in [-0.1, -0.05) is 12.8 Å². The number of hydrogen-bond acceptors (Lipinski definition) is 3. The fourth-order valence-electron chi connectivity index (χ4n) is 1.59. The molecule has 0 aromatic heterocycles. The molecule has 0 heterocycles. The van der Waals surface area contributed by atoms with E-state index in [-0.39, 0.29) is 12.4 Å². The zero-order valence-electron chi connectivity index (χ0n) is 9.53. The molecule has 2 N–H and O–H groups in total. The van der Waals surface area contributed by atoms with Crippen LogP contribution in [0.15, 0.2) is 17.0 Å². The van der Waals surface area contributed by atoms with Crippen LogP contribution < -0.4 is 9.88 Å². The number of halogens is 2. The zero-order valence-corrected chi connectivity index (χ0v) is 10.3. The molecule has 1 aromatic carbocycles. The van der Waals surface area contributed by atoms with Crippen LogP contribution >= 0.6 is 0 Å². The number of benzene rings is 1. The Bertz CT molecular complexity index is 556. The van der Waals surface area contributed by atoms with Gasteiger partial charge < -0.3 is 4.74 Å². The first-order chi connectivity index (χ1) is 8.39. The highest BCUT2D eigenvalue weighted by Crippen LogP contribution is 2.32. The van der Waals surface area contributed by atoms with Crippen molar-refractivity contribution in [1.82, 2.24) is 0 Å². The standard InChI is InChI=1S/C11H13F2NO3S/c12-10-8(17-6-5-7-1-2-7)3-4-9(11(10)13)18(14,15)16/h3-4,7H,1-2,5-6H2,(H2,14,15,16).